The first-order chi connectivity index (χ1) is 12.2. The highest BCUT2D eigenvalue weighted by molar-refractivity contribution is 6.00. The van der Waals surface area contributed by atoms with Crippen molar-refractivity contribution in [1.82, 2.24) is 20.1 Å². The van der Waals surface area contributed by atoms with Crippen molar-refractivity contribution in [1.29, 1.82) is 0 Å². The number of fused-ring (bicyclic) bond motifs is 2. The Morgan fingerprint density at radius 1 is 1.24 bits per heavy atom. The fraction of sp³-hybridized carbons (Fsp3) is 0.316. The molecule has 1 aliphatic heterocycles. The molecule has 3 aromatic rings. The molecule has 1 aromatic carbocycles. The van der Waals surface area contributed by atoms with Crippen LogP contribution >= 0.6 is 0 Å². The van der Waals surface area contributed by atoms with Gasteiger partial charge in [-0.25, -0.2) is 4.79 Å². The van der Waals surface area contributed by atoms with E-state index < -0.39 is 0 Å². The monoisotopic (exact) mass is 333 g/mol. The zero-order valence-corrected chi connectivity index (χ0v) is 14.0. The number of carbonyl (C=O) groups excluding carboxylic acids is 1. The predicted octanol–water partition coefficient (Wildman–Crippen LogP) is 3.83. The van der Waals surface area contributed by atoms with Gasteiger partial charge in [-0.1, -0.05) is 0 Å². The Morgan fingerprint density at radius 3 is 2.88 bits per heavy atom. The lowest BCUT2D eigenvalue weighted by molar-refractivity contribution is 0.141. The molecule has 2 aromatic heterocycles. The zero-order chi connectivity index (χ0) is 17.0. The van der Waals surface area contributed by atoms with E-state index in [0.717, 1.165) is 51.9 Å². The number of aromatic nitrogens is 3. The van der Waals surface area contributed by atoms with Gasteiger partial charge in [-0.2, -0.15) is 5.10 Å². The molecule has 0 saturated heterocycles. The van der Waals surface area contributed by atoms with Gasteiger partial charge >= 0.3 is 6.03 Å². The van der Waals surface area contributed by atoms with Gasteiger partial charge in [0.05, 0.1) is 5.52 Å². The number of hydrogen-bond donors (Lipinski definition) is 2. The summed E-state index contributed by atoms with van der Waals surface area (Å²) in [5.41, 5.74) is 5.90. The third-order valence-electron chi connectivity index (χ3n) is 5.32. The summed E-state index contributed by atoms with van der Waals surface area (Å²) < 4.78 is 0. The molecule has 2 amide bonds. The number of rotatable bonds is 2. The molecule has 1 aliphatic carbocycles. The van der Waals surface area contributed by atoms with Crippen LogP contribution < -0.4 is 5.32 Å². The maximum atomic E-state index is 12.4. The van der Waals surface area contributed by atoms with Crippen molar-refractivity contribution in [3.05, 3.63) is 41.7 Å². The zero-order valence-electron chi connectivity index (χ0n) is 14.0. The summed E-state index contributed by atoms with van der Waals surface area (Å²) in [7, 11) is 0. The second-order valence-electron chi connectivity index (χ2n) is 6.96. The minimum absolute atomic E-state index is 0.0149. The van der Waals surface area contributed by atoms with Crippen molar-refractivity contribution in [3.63, 3.8) is 0 Å². The average molecular weight is 333 g/mol. The molecule has 1 saturated carbocycles. The minimum atomic E-state index is 0.0149. The molecule has 6 heteroatoms. The van der Waals surface area contributed by atoms with Crippen molar-refractivity contribution in [3.8, 4) is 11.3 Å². The van der Waals surface area contributed by atoms with Crippen LogP contribution in [0.4, 0.5) is 10.5 Å². The number of H-pyrrole nitrogens is 1. The lowest BCUT2D eigenvalue weighted by atomic mass is 9.90. The first-order valence-corrected chi connectivity index (χ1v) is 8.71. The fourth-order valence-electron chi connectivity index (χ4n) is 3.71. The molecule has 5 rings (SSSR count). The maximum Gasteiger partial charge on any atom is 0.322 e. The van der Waals surface area contributed by atoms with Crippen LogP contribution in [0, 0.1) is 6.92 Å². The highest BCUT2D eigenvalue weighted by Crippen LogP contribution is 2.35. The van der Waals surface area contributed by atoms with Crippen LogP contribution in [-0.4, -0.2) is 32.2 Å². The number of nitrogens with zero attached hydrogens (tertiary/aromatic N) is 3. The Balaban J connectivity index is 1.59. The standard InChI is InChI=1S/C19H19N5O/c1-11-7-12(5-6-20-11)18-15-8-13-10-24(14-3-2-4-14)19(25)21-16(13)9-17(15)22-23-18/h5-9,14H,2-4,10H2,1H3,(H,21,25)(H,22,23). The van der Waals surface area contributed by atoms with Crippen LogP contribution in [-0.2, 0) is 6.54 Å². The second kappa shape index (κ2) is 5.31. The van der Waals surface area contributed by atoms with E-state index in [4.69, 9.17) is 0 Å². The molecular formula is C19H19N5O. The molecule has 25 heavy (non-hydrogen) atoms. The van der Waals surface area contributed by atoms with E-state index in [-0.39, 0.29) is 6.03 Å². The van der Waals surface area contributed by atoms with Gasteiger partial charge < -0.3 is 10.2 Å². The Labute approximate surface area is 145 Å². The molecule has 0 unspecified atom stereocenters. The normalized spacial score (nSPS) is 17.3. The summed E-state index contributed by atoms with van der Waals surface area (Å²) >= 11 is 0. The number of hydrogen-bond acceptors (Lipinski definition) is 3. The lowest BCUT2D eigenvalue weighted by Crippen LogP contribution is -2.48. The first kappa shape index (κ1) is 14.5. The predicted molar refractivity (Wildman–Crippen MR) is 96.3 cm³/mol. The van der Waals surface area contributed by atoms with Crippen molar-refractivity contribution < 1.29 is 4.79 Å². The van der Waals surface area contributed by atoms with Crippen LogP contribution in [0.2, 0.25) is 0 Å². The maximum absolute atomic E-state index is 12.4. The molecule has 3 heterocycles. The van der Waals surface area contributed by atoms with E-state index in [1.165, 1.54) is 6.42 Å². The number of carbonyl (C=O) groups is 1. The quantitative estimate of drug-likeness (QED) is 0.748. The topological polar surface area (TPSA) is 73.9 Å². The Morgan fingerprint density at radius 2 is 2.12 bits per heavy atom. The first-order valence-electron chi connectivity index (χ1n) is 8.71. The molecule has 0 radical (unpaired) electrons. The van der Waals surface area contributed by atoms with Gasteiger partial charge in [0, 0.05) is 41.1 Å². The molecule has 0 bridgehead atoms. The van der Waals surface area contributed by atoms with E-state index in [1.807, 2.05) is 36.2 Å². The lowest BCUT2D eigenvalue weighted by Gasteiger charge is -2.40. The SMILES string of the molecule is Cc1cc(-c2n[nH]c3cc4c(cc23)CN(C2CCC2)C(=O)N4)ccn1. The summed E-state index contributed by atoms with van der Waals surface area (Å²) in [5.74, 6) is 0. The Bertz CT molecular complexity index is 989. The van der Waals surface area contributed by atoms with Crippen molar-refractivity contribution in [2.75, 3.05) is 5.32 Å². The summed E-state index contributed by atoms with van der Waals surface area (Å²) in [6.45, 7) is 2.65. The number of aryl methyl sites for hydroxylation is 1. The van der Waals surface area contributed by atoms with E-state index in [2.05, 4.69) is 26.6 Å². The molecule has 2 aliphatic rings. The van der Waals surface area contributed by atoms with Crippen molar-refractivity contribution >= 4 is 22.6 Å². The molecule has 6 nitrogen and oxygen atoms in total. The van der Waals surface area contributed by atoms with Gasteiger partial charge in [0.2, 0.25) is 0 Å². The summed E-state index contributed by atoms with van der Waals surface area (Å²) in [6, 6.07) is 8.56. The highest BCUT2D eigenvalue weighted by Gasteiger charge is 2.32. The van der Waals surface area contributed by atoms with Crippen molar-refractivity contribution in [2.24, 2.45) is 0 Å². The van der Waals surface area contributed by atoms with Crippen LogP contribution in [0.25, 0.3) is 22.2 Å². The smallest absolute Gasteiger partial charge is 0.317 e. The molecular weight excluding hydrogens is 314 g/mol. The van der Waals surface area contributed by atoms with Gasteiger partial charge in [-0.15, -0.1) is 0 Å². The van der Waals surface area contributed by atoms with Crippen LogP contribution in [0.15, 0.2) is 30.5 Å². The molecule has 1 fully saturated rings. The van der Waals surface area contributed by atoms with E-state index in [0.29, 0.717) is 12.6 Å². The highest BCUT2D eigenvalue weighted by atomic mass is 16.2. The van der Waals surface area contributed by atoms with Gasteiger partial charge in [-0.3, -0.25) is 10.1 Å². The van der Waals surface area contributed by atoms with Gasteiger partial charge in [0.25, 0.3) is 0 Å². The number of amides is 2. The second-order valence-corrected chi connectivity index (χ2v) is 6.96. The van der Waals surface area contributed by atoms with Gasteiger partial charge in [0.15, 0.2) is 0 Å². The van der Waals surface area contributed by atoms with Crippen molar-refractivity contribution in [2.45, 2.75) is 38.8 Å². The molecule has 126 valence electrons. The number of aromatic amines is 1. The fourth-order valence-corrected chi connectivity index (χ4v) is 3.71. The number of urea groups is 1. The average Bonchev–Trinajstić information content (AvgIpc) is 2.95. The van der Waals surface area contributed by atoms with E-state index in [1.54, 1.807) is 0 Å². The van der Waals surface area contributed by atoms with Gasteiger partial charge in [0.1, 0.15) is 5.69 Å². The number of pyridine rings is 1. The van der Waals surface area contributed by atoms with Crippen LogP contribution in [0.3, 0.4) is 0 Å². The summed E-state index contributed by atoms with van der Waals surface area (Å²) in [6.07, 6.45) is 5.24. The molecule has 0 spiro atoms. The molecule has 2 N–H and O–H groups in total. The third-order valence-corrected chi connectivity index (χ3v) is 5.32. The minimum Gasteiger partial charge on any atom is -0.317 e. The van der Waals surface area contributed by atoms with E-state index >= 15 is 0 Å². The van der Waals surface area contributed by atoms with Gasteiger partial charge in [-0.05, 0) is 56.0 Å². The number of anilines is 1. The van der Waals surface area contributed by atoms with E-state index in [9.17, 15) is 4.79 Å². The van der Waals surface area contributed by atoms with Crippen LogP contribution in [0.1, 0.15) is 30.5 Å². The van der Waals surface area contributed by atoms with Crippen LogP contribution in [0.5, 0.6) is 0 Å². The largest absolute Gasteiger partial charge is 0.322 e. The number of benzene rings is 1. The number of nitrogens with one attached hydrogen (secondary N) is 2. The molecule has 0 atom stereocenters. The summed E-state index contributed by atoms with van der Waals surface area (Å²) in [4.78, 5) is 18.6. The third kappa shape index (κ3) is 2.28. The Kier molecular flexibility index (Phi) is 3.07. The summed E-state index contributed by atoms with van der Waals surface area (Å²) in [5, 5.41) is 11.7. The Hall–Kier alpha value is -2.89.